The molecule has 5 nitrogen and oxygen atoms in total. The van der Waals surface area contributed by atoms with Gasteiger partial charge in [-0.3, -0.25) is 0 Å². The Hall–Kier alpha value is -2.57. The fourth-order valence-corrected chi connectivity index (χ4v) is 3.61. The van der Waals surface area contributed by atoms with E-state index in [9.17, 15) is 0 Å². The average molecular weight is 364 g/mol. The molecule has 1 unspecified atom stereocenters. The van der Waals surface area contributed by atoms with Crippen molar-refractivity contribution in [3.63, 3.8) is 0 Å². The zero-order chi connectivity index (χ0) is 17.9. The number of nitrogens with zero attached hydrogens (tertiary/aromatic N) is 2. The van der Waals surface area contributed by atoms with E-state index in [1.54, 1.807) is 0 Å². The summed E-state index contributed by atoms with van der Waals surface area (Å²) in [6.45, 7) is 2.08. The van der Waals surface area contributed by atoms with Crippen LogP contribution in [0.15, 0.2) is 64.4 Å². The van der Waals surface area contributed by atoms with Gasteiger partial charge < -0.3 is 15.1 Å². The molecule has 0 radical (unpaired) electrons. The number of aryl methyl sites for hydroxylation is 1. The fourth-order valence-electron chi connectivity index (χ4n) is 2.88. The number of hydrogen-bond donors (Lipinski definition) is 2. The molecular weight excluding hydrogens is 344 g/mol. The number of nitrogens with one attached hydrogen (secondary N) is 1. The molecule has 0 aliphatic heterocycles. The molecule has 26 heavy (non-hydrogen) atoms. The van der Waals surface area contributed by atoms with Crippen LogP contribution in [0.3, 0.4) is 0 Å². The van der Waals surface area contributed by atoms with Crippen molar-refractivity contribution in [2.45, 2.75) is 30.4 Å². The normalized spacial score (nSPS) is 12.5. The Balaban J connectivity index is 1.41. The van der Waals surface area contributed by atoms with Gasteiger partial charge in [-0.25, -0.2) is 0 Å². The van der Waals surface area contributed by atoms with Crippen LogP contribution in [-0.2, 0) is 12.2 Å². The number of hydrogen-bond acceptors (Lipinski definition) is 5. The minimum atomic E-state index is -0.324. The lowest BCUT2D eigenvalue weighted by molar-refractivity contribution is 0.385. The van der Waals surface area contributed by atoms with E-state index in [-0.39, 0.29) is 6.04 Å². The second-order valence-electron chi connectivity index (χ2n) is 6.35. The predicted molar refractivity (Wildman–Crippen MR) is 104 cm³/mol. The zero-order valence-electron chi connectivity index (χ0n) is 14.5. The van der Waals surface area contributed by atoms with Gasteiger partial charge in [0, 0.05) is 22.9 Å². The molecule has 4 aromatic rings. The van der Waals surface area contributed by atoms with Crippen LogP contribution in [0.4, 0.5) is 0 Å². The van der Waals surface area contributed by atoms with Crippen molar-refractivity contribution in [3.05, 3.63) is 77.3 Å². The average Bonchev–Trinajstić information content (AvgIpc) is 3.29. The Kier molecular flexibility index (Phi) is 4.77. The van der Waals surface area contributed by atoms with Crippen molar-refractivity contribution in [1.82, 2.24) is 15.2 Å². The largest absolute Gasteiger partial charge is 0.414 e. The van der Waals surface area contributed by atoms with E-state index in [1.807, 2.05) is 18.3 Å². The molecular formula is C20H20N4OS. The minimum absolute atomic E-state index is 0.324. The second kappa shape index (κ2) is 7.35. The van der Waals surface area contributed by atoms with Crippen molar-refractivity contribution in [1.29, 1.82) is 0 Å². The Labute approximate surface area is 156 Å². The lowest BCUT2D eigenvalue weighted by Crippen LogP contribution is -2.13. The summed E-state index contributed by atoms with van der Waals surface area (Å²) in [4.78, 5) is 3.27. The van der Waals surface area contributed by atoms with Crippen LogP contribution in [0.2, 0.25) is 0 Å². The smallest absolute Gasteiger partial charge is 0.276 e. The maximum atomic E-state index is 6.30. The lowest BCUT2D eigenvalue weighted by Gasteiger charge is -2.05. The first kappa shape index (κ1) is 16.9. The van der Waals surface area contributed by atoms with Gasteiger partial charge in [0.2, 0.25) is 5.89 Å². The van der Waals surface area contributed by atoms with Gasteiger partial charge in [-0.2, -0.15) is 0 Å². The third-order valence-electron chi connectivity index (χ3n) is 4.34. The molecule has 0 amide bonds. The van der Waals surface area contributed by atoms with Gasteiger partial charge in [0.15, 0.2) is 0 Å². The van der Waals surface area contributed by atoms with Gasteiger partial charge in [-0.15, -0.1) is 10.2 Å². The monoisotopic (exact) mass is 364 g/mol. The van der Waals surface area contributed by atoms with Crippen LogP contribution in [0, 0.1) is 6.92 Å². The maximum Gasteiger partial charge on any atom is 0.276 e. The number of H-pyrrole nitrogens is 1. The number of aromatic nitrogens is 3. The van der Waals surface area contributed by atoms with Crippen LogP contribution in [0.25, 0.3) is 10.9 Å². The van der Waals surface area contributed by atoms with Gasteiger partial charge in [-0.05, 0) is 30.5 Å². The molecule has 2 aromatic heterocycles. The summed E-state index contributed by atoms with van der Waals surface area (Å²) < 4.78 is 5.76. The lowest BCUT2D eigenvalue weighted by atomic mass is 10.1. The molecule has 0 spiro atoms. The number of rotatable bonds is 6. The molecule has 0 aliphatic rings. The number of aromatic amines is 1. The van der Waals surface area contributed by atoms with E-state index in [2.05, 4.69) is 58.5 Å². The number of thioether (sulfide) groups is 1. The Bertz CT molecular complexity index is 1010. The van der Waals surface area contributed by atoms with Crippen molar-refractivity contribution < 1.29 is 4.42 Å². The zero-order valence-corrected chi connectivity index (χ0v) is 15.3. The molecule has 2 heterocycles. The van der Waals surface area contributed by atoms with Crippen LogP contribution >= 0.6 is 11.8 Å². The molecule has 0 saturated heterocycles. The van der Waals surface area contributed by atoms with Crippen molar-refractivity contribution in [3.8, 4) is 0 Å². The summed E-state index contributed by atoms with van der Waals surface area (Å²) in [5.74, 6) is 1.27. The van der Waals surface area contributed by atoms with Gasteiger partial charge >= 0.3 is 0 Å². The van der Waals surface area contributed by atoms with Gasteiger partial charge in [0.05, 0.1) is 6.04 Å². The second-order valence-corrected chi connectivity index (χ2v) is 7.28. The molecule has 3 N–H and O–H groups in total. The molecule has 132 valence electrons. The van der Waals surface area contributed by atoms with E-state index in [0.29, 0.717) is 17.5 Å². The molecule has 1 atom stereocenters. The van der Waals surface area contributed by atoms with Crippen LogP contribution in [-0.4, -0.2) is 15.2 Å². The molecule has 0 saturated carbocycles. The first-order valence-electron chi connectivity index (χ1n) is 8.51. The summed E-state index contributed by atoms with van der Waals surface area (Å²) in [6, 6.07) is 16.3. The first-order valence-corrected chi connectivity index (χ1v) is 9.50. The first-order chi connectivity index (χ1) is 12.7. The van der Waals surface area contributed by atoms with Crippen molar-refractivity contribution >= 4 is 22.7 Å². The number of fused-ring (bicyclic) bond motifs is 1. The quantitative estimate of drug-likeness (QED) is 0.496. The highest BCUT2D eigenvalue weighted by Gasteiger charge is 2.17. The van der Waals surface area contributed by atoms with E-state index < -0.39 is 0 Å². The van der Waals surface area contributed by atoms with Crippen molar-refractivity contribution in [2.24, 2.45) is 5.73 Å². The Morgan fingerprint density at radius 2 is 1.92 bits per heavy atom. The summed E-state index contributed by atoms with van der Waals surface area (Å²) in [5, 5.41) is 9.98. The predicted octanol–water partition coefficient (Wildman–Crippen LogP) is 4.39. The number of nitrogens with two attached hydrogens (primary N) is 1. The molecule has 6 heteroatoms. The van der Waals surface area contributed by atoms with Gasteiger partial charge in [0.1, 0.15) is 0 Å². The molecule has 4 rings (SSSR count). The summed E-state index contributed by atoms with van der Waals surface area (Å²) >= 11 is 1.53. The Morgan fingerprint density at radius 1 is 1.12 bits per heavy atom. The third kappa shape index (κ3) is 3.66. The molecule has 0 aliphatic carbocycles. The fraction of sp³-hybridized carbons (Fsp3) is 0.200. The van der Waals surface area contributed by atoms with Gasteiger partial charge in [0.25, 0.3) is 5.22 Å². The van der Waals surface area contributed by atoms with Crippen molar-refractivity contribution in [2.75, 3.05) is 0 Å². The standard InChI is InChI=1S/C20H20N4OS/c1-13-6-8-14(9-7-13)12-26-20-24-23-19(25-20)17(21)10-15-11-22-18-5-3-2-4-16(15)18/h2-9,11,17,22H,10,12,21H2,1H3. The molecule has 0 fully saturated rings. The number of benzene rings is 2. The highest BCUT2D eigenvalue weighted by atomic mass is 32.2. The van der Waals surface area contributed by atoms with E-state index >= 15 is 0 Å². The molecule has 2 aromatic carbocycles. The maximum absolute atomic E-state index is 6.30. The minimum Gasteiger partial charge on any atom is -0.414 e. The van der Waals surface area contributed by atoms with E-state index in [1.165, 1.54) is 28.3 Å². The SMILES string of the molecule is Cc1ccc(CSc2nnc(C(N)Cc3c[nH]c4ccccc34)o2)cc1. The van der Waals surface area contributed by atoms with Crippen LogP contribution in [0.1, 0.15) is 28.6 Å². The highest BCUT2D eigenvalue weighted by Crippen LogP contribution is 2.26. The summed E-state index contributed by atoms with van der Waals surface area (Å²) in [6.07, 6.45) is 2.64. The number of para-hydroxylation sites is 1. The van der Waals surface area contributed by atoms with Crippen LogP contribution in [0.5, 0.6) is 0 Å². The third-order valence-corrected chi connectivity index (χ3v) is 5.23. The Morgan fingerprint density at radius 3 is 2.77 bits per heavy atom. The molecule has 0 bridgehead atoms. The van der Waals surface area contributed by atoms with E-state index in [4.69, 9.17) is 10.2 Å². The van der Waals surface area contributed by atoms with Gasteiger partial charge in [-0.1, -0.05) is 59.8 Å². The highest BCUT2D eigenvalue weighted by molar-refractivity contribution is 7.98. The van der Waals surface area contributed by atoms with Crippen LogP contribution < -0.4 is 5.73 Å². The topological polar surface area (TPSA) is 80.7 Å². The summed E-state index contributed by atoms with van der Waals surface area (Å²) in [7, 11) is 0. The summed E-state index contributed by atoms with van der Waals surface area (Å²) in [5.41, 5.74) is 11.0. The van der Waals surface area contributed by atoms with E-state index in [0.717, 1.165) is 16.8 Å².